The second kappa shape index (κ2) is 9.10. The molecule has 0 spiro atoms. The Labute approximate surface area is 167 Å². The third kappa shape index (κ3) is 5.14. The van der Waals surface area contributed by atoms with Crippen molar-refractivity contribution in [3.05, 3.63) is 86.6 Å². The predicted octanol–water partition coefficient (Wildman–Crippen LogP) is 4.08. The number of nitrogens with one attached hydrogen (secondary N) is 1. The average Bonchev–Trinajstić information content (AvgIpc) is 3.12. The highest BCUT2D eigenvalue weighted by molar-refractivity contribution is 7.99. The molecule has 1 atom stereocenters. The fourth-order valence-corrected chi connectivity index (χ4v) is 4.04. The van der Waals surface area contributed by atoms with Crippen LogP contribution in [0.3, 0.4) is 0 Å². The fraction of sp³-hybridized carbons (Fsp3) is 0.316. The first-order chi connectivity index (χ1) is 13.0. The minimum absolute atomic E-state index is 0.178. The summed E-state index contributed by atoms with van der Waals surface area (Å²) < 4.78 is 0. The van der Waals surface area contributed by atoms with Crippen molar-refractivity contribution in [1.82, 2.24) is 15.2 Å². The van der Waals surface area contributed by atoms with Gasteiger partial charge in [0, 0.05) is 31.1 Å². The summed E-state index contributed by atoms with van der Waals surface area (Å²) >= 11 is 7.40. The van der Waals surface area contributed by atoms with Crippen LogP contribution >= 0.6 is 23.4 Å². The maximum Gasteiger partial charge on any atom is 0.295 e. The van der Waals surface area contributed by atoms with Gasteiger partial charge in [0.25, 0.3) is 5.70 Å². The van der Waals surface area contributed by atoms with E-state index in [-0.39, 0.29) is 15.9 Å². The Kier molecular flexibility index (Phi) is 6.58. The molecule has 0 radical (unpaired) electrons. The quantitative estimate of drug-likeness (QED) is 0.426. The van der Waals surface area contributed by atoms with Crippen molar-refractivity contribution in [3.63, 3.8) is 0 Å². The van der Waals surface area contributed by atoms with Crippen molar-refractivity contribution in [2.75, 3.05) is 18.8 Å². The lowest BCUT2D eigenvalue weighted by molar-refractivity contribution is -0.425. The van der Waals surface area contributed by atoms with E-state index < -0.39 is 0 Å². The van der Waals surface area contributed by atoms with Gasteiger partial charge in [0.2, 0.25) is 0 Å². The first kappa shape index (κ1) is 19.5. The van der Waals surface area contributed by atoms with Gasteiger partial charge in [0.05, 0.1) is 10.7 Å². The van der Waals surface area contributed by atoms with Crippen LogP contribution in [0.1, 0.15) is 23.3 Å². The van der Waals surface area contributed by atoms with Gasteiger partial charge < -0.3 is 10.2 Å². The molecule has 2 heterocycles. The zero-order chi connectivity index (χ0) is 19.2. The highest BCUT2D eigenvalue weighted by Gasteiger charge is 2.28. The fourth-order valence-electron chi connectivity index (χ4n) is 2.93. The van der Waals surface area contributed by atoms with Crippen molar-refractivity contribution in [2.24, 2.45) is 0 Å². The van der Waals surface area contributed by atoms with Gasteiger partial charge in [-0.3, -0.25) is 10.1 Å². The number of rotatable bonds is 7. The molecule has 0 bridgehead atoms. The monoisotopic (exact) mass is 404 g/mol. The van der Waals surface area contributed by atoms with Crippen LogP contribution in [0.4, 0.5) is 0 Å². The first-order valence-electron chi connectivity index (χ1n) is 8.68. The standard InChI is InChI=1S/C19H21ClN4O2S/c1-14(16-5-3-2-4-6-16)27-13-17(24(25)26)19-21-9-10-23(19)12-15-7-8-18(20)22-11-15/h2-8,11,14,21H,9-10,12-13H2,1H3/b19-17+. The van der Waals surface area contributed by atoms with Gasteiger partial charge in [-0.25, -0.2) is 4.98 Å². The number of hydrogen-bond acceptors (Lipinski definition) is 6. The van der Waals surface area contributed by atoms with E-state index in [0.717, 1.165) is 5.56 Å². The molecule has 1 unspecified atom stereocenters. The minimum Gasteiger partial charge on any atom is -0.365 e. The zero-order valence-corrected chi connectivity index (χ0v) is 16.5. The molecule has 2 aromatic rings. The highest BCUT2D eigenvalue weighted by atomic mass is 35.5. The number of hydrogen-bond donors (Lipinski definition) is 1. The van der Waals surface area contributed by atoms with Gasteiger partial charge in [-0.1, -0.05) is 48.0 Å². The molecule has 1 saturated heterocycles. The van der Waals surface area contributed by atoms with E-state index in [1.54, 1.807) is 24.0 Å². The second-order valence-electron chi connectivity index (χ2n) is 6.25. The number of pyridine rings is 1. The number of nitrogens with zero attached hydrogens (tertiary/aromatic N) is 3. The Morgan fingerprint density at radius 2 is 2.15 bits per heavy atom. The lowest BCUT2D eigenvalue weighted by Crippen LogP contribution is -2.24. The number of nitro groups is 1. The Hall–Kier alpha value is -2.25. The van der Waals surface area contributed by atoms with E-state index in [9.17, 15) is 10.1 Å². The lowest BCUT2D eigenvalue weighted by Gasteiger charge is -2.19. The van der Waals surface area contributed by atoms with E-state index >= 15 is 0 Å². The summed E-state index contributed by atoms with van der Waals surface area (Å²) in [5.41, 5.74) is 2.34. The second-order valence-corrected chi connectivity index (χ2v) is 7.97. The van der Waals surface area contributed by atoms with Crippen LogP contribution in [0, 0.1) is 10.1 Å². The Morgan fingerprint density at radius 1 is 1.37 bits per heavy atom. The number of benzene rings is 1. The lowest BCUT2D eigenvalue weighted by atomic mass is 10.2. The summed E-state index contributed by atoms with van der Waals surface area (Å²) in [6.45, 7) is 4.03. The van der Waals surface area contributed by atoms with Crippen LogP contribution < -0.4 is 5.32 Å². The molecule has 1 N–H and O–H groups in total. The third-order valence-corrected chi connectivity index (χ3v) is 5.82. The molecule has 0 aliphatic carbocycles. The molecule has 142 valence electrons. The Morgan fingerprint density at radius 3 is 2.81 bits per heavy atom. The third-order valence-electron chi connectivity index (χ3n) is 4.39. The maximum absolute atomic E-state index is 11.7. The smallest absolute Gasteiger partial charge is 0.295 e. The van der Waals surface area contributed by atoms with Crippen molar-refractivity contribution in [1.29, 1.82) is 0 Å². The van der Waals surface area contributed by atoms with Crippen LogP contribution in [-0.2, 0) is 6.54 Å². The highest BCUT2D eigenvalue weighted by Crippen LogP contribution is 2.31. The van der Waals surface area contributed by atoms with Gasteiger partial charge in [-0.2, -0.15) is 0 Å². The van der Waals surface area contributed by atoms with E-state index in [1.165, 1.54) is 5.56 Å². The van der Waals surface area contributed by atoms with Gasteiger partial charge in [0.15, 0.2) is 5.82 Å². The number of thioether (sulfide) groups is 1. The van der Waals surface area contributed by atoms with Gasteiger partial charge in [0.1, 0.15) is 5.15 Å². The molecule has 6 nitrogen and oxygen atoms in total. The SMILES string of the molecule is CC(SC/C(=C1/NCCN1Cc1ccc(Cl)nc1)[N+](=O)[O-])c1ccccc1. The summed E-state index contributed by atoms with van der Waals surface area (Å²) in [6.07, 6.45) is 1.70. The molecule has 1 fully saturated rings. The van der Waals surface area contributed by atoms with E-state index in [4.69, 9.17) is 11.6 Å². The molecule has 1 aliphatic heterocycles. The van der Waals surface area contributed by atoms with Crippen molar-refractivity contribution >= 4 is 23.4 Å². The zero-order valence-electron chi connectivity index (χ0n) is 15.0. The normalized spacial score (nSPS) is 16.7. The molecule has 0 saturated carbocycles. The van der Waals surface area contributed by atoms with Crippen molar-refractivity contribution < 1.29 is 4.92 Å². The minimum atomic E-state index is -0.272. The van der Waals surface area contributed by atoms with Gasteiger partial charge in [-0.15, -0.1) is 11.8 Å². The van der Waals surface area contributed by atoms with Crippen molar-refractivity contribution in [3.8, 4) is 0 Å². The summed E-state index contributed by atoms with van der Waals surface area (Å²) in [5.74, 6) is 0.934. The van der Waals surface area contributed by atoms with Gasteiger partial charge in [-0.05, 0) is 24.1 Å². The van der Waals surface area contributed by atoms with Crippen LogP contribution in [0.25, 0.3) is 0 Å². The molecule has 1 aromatic heterocycles. The summed E-state index contributed by atoms with van der Waals surface area (Å²) in [7, 11) is 0. The molecule has 0 amide bonds. The maximum atomic E-state index is 11.7. The summed E-state index contributed by atoms with van der Waals surface area (Å²) in [5, 5.41) is 15.5. The molecular weight excluding hydrogens is 384 g/mol. The van der Waals surface area contributed by atoms with Crippen LogP contribution in [-0.4, -0.2) is 33.6 Å². The van der Waals surface area contributed by atoms with Gasteiger partial charge >= 0.3 is 0 Å². The molecular formula is C19H21ClN4O2S. The molecule has 3 rings (SSSR count). The Bertz CT molecular complexity index is 814. The van der Waals surface area contributed by atoms with E-state index in [2.05, 4.69) is 17.2 Å². The molecule has 27 heavy (non-hydrogen) atoms. The van der Waals surface area contributed by atoms with E-state index in [0.29, 0.717) is 36.4 Å². The summed E-state index contributed by atoms with van der Waals surface area (Å²) in [6, 6.07) is 13.7. The molecule has 1 aliphatic rings. The average molecular weight is 405 g/mol. The largest absolute Gasteiger partial charge is 0.365 e. The topological polar surface area (TPSA) is 71.3 Å². The Balaban J connectivity index is 1.73. The number of aromatic nitrogens is 1. The van der Waals surface area contributed by atoms with Crippen LogP contribution in [0.5, 0.6) is 0 Å². The van der Waals surface area contributed by atoms with E-state index in [1.807, 2.05) is 41.3 Å². The van der Waals surface area contributed by atoms with Crippen molar-refractivity contribution in [2.45, 2.75) is 18.7 Å². The predicted molar refractivity (Wildman–Crippen MR) is 109 cm³/mol. The number of halogens is 1. The summed E-state index contributed by atoms with van der Waals surface area (Å²) in [4.78, 5) is 17.5. The molecule has 8 heteroatoms. The van der Waals surface area contributed by atoms with Crippen LogP contribution in [0.15, 0.2) is 60.2 Å². The van der Waals surface area contributed by atoms with Crippen LogP contribution in [0.2, 0.25) is 5.15 Å². The first-order valence-corrected chi connectivity index (χ1v) is 10.1. The molecule has 1 aromatic carbocycles.